The van der Waals surface area contributed by atoms with Gasteiger partial charge in [0.2, 0.25) is 5.95 Å². The molecule has 2 aliphatic rings. The summed E-state index contributed by atoms with van der Waals surface area (Å²) in [5.41, 5.74) is 2.10. The lowest BCUT2D eigenvalue weighted by Crippen LogP contribution is -2.36. The minimum absolute atomic E-state index is 0.591. The van der Waals surface area contributed by atoms with Crippen LogP contribution in [0.15, 0.2) is 24.7 Å². The van der Waals surface area contributed by atoms with E-state index in [-0.39, 0.29) is 0 Å². The van der Waals surface area contributed by atoms with Gasteiger partial charge in [-0.2, -0.15) is 0 Å². The number of anilines is 2. The van der Waals surface area contributed by atoms with Crippen LogP contribution in [0.5, 0.6) is 0 Å². The molecule has 132 valence electrons. The second-order valence-electron chi connectivity index (χ2n) is 6.61. The molecule has 0 spiro atoms. The molecule has 7 heteroatoms. The number of morpholine rings is 1. The molecular formula is C18H24N6O. The van der Waals surface area contributed by atoms with Gasteiger partial charge in [-0.25, -0.2) is 19.9 Å². The first-order valence-corrected chi connectivity index (χ1v) is 9.09. The highest BCUT2D eigenvalue weighted by Crippen LogP contribution is 2.33. The number of hydrogen-bond donors (Lipinski definition) is 1. The summed E-state index contributed by atoms with van der Waals surface area (Å²) in [5.74, 6) is 2.22. The van der Waals surface area contributed by atoms with Gasteiger partial charge in [-0.1, -0.05) is 12.8 Å². The van der Waals surface area contributed by atoms with Crippen LogP contribution in [0.3, 0.4) is 0 Å². The van der Waals surface area contributed by atoms with E-state index in [0.29, 0.717) is 18.4 Å². The van der Waals surface area contributed by atoms with E-state index in [1.807, 2.05) is 18.3 Å². The number of nitrogens with one attached hydrogen (secondary N) is 1. The number of ether oxygens (including phenoxy) is 1. The fourth-order valence-corrected chi connectivity index (χ4v) is 3.52. The van der Waals surface area contributed by atoms with Crippen LogP contribution in [0.4, 0.5) is 11.8 Å². The Hall–Kier alpha value is -2.28. The van der Waals surface area contributed by atoms with Crippen LogP contribution >= 0.6 is 0 Å². The third kappa shape index (κ3) is 4.04. The average molecular weight is 340 g/mol. The zero-order chi connectivity index (χ0) is 16.9. The van der Waals surface area contributed by atoms with Gasteiger partial charge in [-0.3, -0.25) is 0 Å². The van der Waals surface area contributed by atoms with Crippen molar-refractivity contribution in [2.75, 3.05) is 36.5 Å². The summed E-state index contributed by atoms with van der Waals surface area (Å²) in [7, 11) is 0. The smallest absolute Gasteiger partial charge is 0.223 e. The van der Waals surface area contributed by atoms with Crippen LogP contribution in [-0.2, 0) is 11.3 Å². The Morgan fingerprint density at radius 1 is 1.12 bits per heavy atom. The normalized spacial score (nSPS) is 18.5. The lowest BCUT2D eigenvalue weighted by molar-refractivity contribution is 0.122. The second-order valence-corrected chi connectivity index (χ2v) is 6.61. The summed E-state index contributed by atoms with van der Waals surface area (Å²) in [6, 6.07) is 4.07. The van der Waals surface area contributed by atoms with E-state index >= 15 is 0 Å². The van der Waals surface area contributed by atoms with Gasteiger partial charge < -0.3 is 15.0 Å². The molecule has 2 aromatic rings. The Labute approximate surface area is 147 Å². The summed E-state index contributed by atoms with van der Waals surface area (Å²) in [4.78, 5) is 20.0. The van der Waals surface area contributed by atoms with Crippen molar-refractivity contribution in [3.8, 4) is 0 Å². The van der Waals surface area contributed by atoms with E-state index in [1.54, 1.807) is 6.33 Å². The molecule has 1 aliphatic carbocycles. The van der Waals surface area contributed by atoms with E-state index < -0.39 is 0 Å². The molecule has 0 radical (unpaired) electrons. The van der Waals surface area contributed by atoms with Crippen molar-refractivity contribution in [2.45, 2.75) is 38.1 Å². The summed E-state index contributed by atoms with van der Waals surface area (Å²) in [5, 5.41) is 3.30. The predicted molar refractivity (Wildman–Crippen MR) is 95.6 cm³/mol. The van der Waals surface area contributed by atoms with Crippen LogP contribution in [-0.4, -0.2) is 46.2 Å². The van der Waals surface area contributed by atoms with Crippen LogP contribution in [0.1, 0.15) is 43.0 Å². The zero-order valence-electron chi connectivity index (χ0n) is 14.4. The van der Waals surface area contributed by atoms with Gasteiger partial charge in [0.05, 0.1) is 25.5 Å². The quantitative estimate of drug-likeness (QED) is 0.895. The fraction of sp³-hybridized carbons (Fsp3) is 0.556. The molecule has 4 rings (SSSR count). The molecule has 1 aliphatic heterocycles. The van der Waals surface area contributed by atoms with Crippen LogP contribution in [0, 0.1) is 0 Å². The lowest BCUT2D eigenvalue weighted by atomic mass is 10.0. The van der Waals surface area contributed by atoms with Crippen LogP contribution < -0.4 is 10.2 Å². The summed E-state index contributed by atoms with van der Waals surface area (Å²) >= 11 is 0. The third-order valence-corrected chi connectivity index (χ3v) is 4.92. The van der Waals surface area contributed by atoms with Crippen molar-refractivity contribution >= 4 is 11.8 Å². The number of aromatic nitrogens is 4. The minimum atomic E-state index is 0.591. The van der Waals surface area contributed by atoms with E-state index in [0.717, 1.165) is 43.5 Å². The average Bonchev–Trinajstić information content (AvgIpc) is 3.23. The van der Waals surface area contributed by atoms with Crippen molar-refractivity contribution in [1.29, 1.82) is 0 Å². The summed E-state index contributed by atoms with van der Waals surface area (Å²) in [6.45, 7) is 3.83. The summed E-state index contributed by atoms with van der Waals surface area (Å²) in [6.07, 6.45) is 8.57. The summed E-state index contributed by atoms with van der Waals surface area (Å²) < 4.78 is 5.40. The van der Waals surface area contributed by atoms with Crippen molar-refractivity contribution in [2.24, 2.45) is 0 Å². The molecule has 0 aromatic carbocycles. The molecule has 1 saturated carbocycles. The number of hydrogen-bond acceptors (Lipinski definition) is 7. The van der Waals surface area contributed by atoms with Gasteiger partial charge in [-0.05, 0) is 18.9 Å². The Balaban J connectivity index is 1.40. The van der Waals surface area contributed by atoms with Gasteiger partial charge in [0.1, 0.15) is 12.1 Å². The first-order valence-electron chi connectivity index (χ1n) is 9.09. The maximum Gasteiger partial charge on any atom is 0.223 e. The highest BCUT2D eigenvalue weighted by molar-refractivity contribution is 5.40. The third-order valence-electron chi connectivity index (χ3n) is 4.92. The van der Waals surface area contributed by atoms with E-state index in [9.17, 15) is 0 Å². The molecule has 1 N–H and O–H groups in total. The lowest BCUT2D eigenvalue weighted by Gasteiger charge is -2.27. The first-order chi connectivity index (χ1) is 12.4. The van der Waals surface area contributed by atoms with E-state index in [1.165, 1.54) is 25.7 Å². The molecule has 2 fully saturated rings. The van der Waals surface area contributed by atoms with Crippen molar-refractivity contribution in [3.05, 3.63) is 36.0 Å². The standard InChI is InChI=1S/C18H24N6O/c1-2-4-14(3-1)16-5-6-19-18(23-16)20-12-15-11-17(22-13-21-15)24-7-9-25-10-8-24/h5-6,11,13-14H,1-4,7-10,12H2,(H,19,20,23). The highest BCUT2D eigenvalue weighted by atomic mass is 16.5. The minimum Gasteiger partial charge on any atom is -0.378 e. The van der Waals surface area contributed by atoms with Gasteiger partial charge >= 0.3 is 0 Å². The first kappa shape index (κ1) is 16.2. The van der Waals surface area contributed by atoms with Crippen LogP contribution in [0.2, 0.25) is 0 Å². The van der Waals surface area contributed by atoms with Gasteiger partial charge in [-0.15, -0.1) is 0 Å². The highest BCUT2D eigenvalue weighted by Gasteiger charge is 2.18. The van der Waals surface area contributed by atoms with Gasteiger partial charge in [0.15, 0.2) is 0 Å². The van der Waals surface area contributed by atoms with Crippen molar-refractivity contribution in [3.63, 3.8) is 0 Å². The molecule has 25 heavy (non-hydrogen) atoms. The van der Waals surface area contributed by atoms with Crippen molar-refractivity contribution < 1.29 is 4.74 Å². The molecule has 0 atom stereocenters. The molecule has 3 heterocycles. The predicted octanol–water partition coefficient (Wildman–Crippen LogP) is 2.37. The molecule has 1 saturated heterocycles. The molecule has 0 unspecified atom stereocenters. The maximum atomic E-state index is 5.40. The Morgan fingerprint density at radius 3 is 2.80 bits per heavy atom. The number of nitrogens with zero attached hydrogens (tertiary/aromatic N) is 5. The van der Waals surface area contributed by atoms with Gasteiger partial charge in [0.25, 0.3) is 0 Å². The van der Waals surface area contributed by atoms with E-state index in [2.05, 4.69) is 30.2 Å². The monoisotopic (exact) mass is 340 g/mol. The zero-order valence-corrected chi connectivity index (χ0v) is 14.4. The maximum absolute atomic E-state index is 5.40. The van der Waals surface area contributed by atoms with E-state index in [4.69, 9.17) is 4.74 Å². The topological polar surface area (TPSA) is 76.1 Å². The fourth-order valence-electron chi connectivity index (χ4n) is 3.52. The molecule has 2 aromatic heterocycles. The Kier molecular flexibility index (Phi) is 5.01. The Bertz CT molecular complexity index is 697. The van der Waals surface area contributed by atoms with Crippen LogP contribution in [0.25, 0.3) is 0 Å². The van der Waals surface area contributed by atoms with Crippen molar-refractivity contribution in [1.82, 2.24) is 19.9 Å². The van der Waals surface area contributed by atoms with Gasteiger partial charge in [0, 0.05) is 37.0 Å². The second kappa shape index (κ2) is 7.74. The molecule has 7 nitrogen and oxygen atoms in total. The number of rotatable bonds is 5. The Morgan fingerprint density at radius 2 is 1.96 bits per heavy atom. The SMILES string of the molecule is c1nc(CNc2nccc(C3CCCC3)n2)cc(N2CCOCC2)n1. The molecular weight excluding hydrogens is 316 g/mol. The molecule has 0 bridgehead atoms. The largest absolute Gasteiger partial charge is 0.378 e. The molecule has 0 amide bonds.